The Kier molecular flexibility index (Phi) is 7.15. The van der Waals surface area contributed by atoms with Crippen molar-refractivity contribution in [1.29, 1.82) is 0 Å². The number of rotatable bonds is 9. The number of benzene rings is 1. The molecule has 0 spiro atoms. The van der Waals surface area contributed by atoms with Crippen LogP contribution in [0.3, 0.4) is 0 Å². The van der Waals surface area contributed by atoms with Crippen molar-refractivity contribution < 1.29 is 5.11 Å². The maximum absolute atomic E-state index is 8.98. The van der Waals surface area contributed by atoms with E-state index in [0.29, 0.717) is 12.5 Å². The third kappa shape index (κ3) is 5.12. The Morgan fingerprint density at radius 1 is 1.15 bits per heavy atom. The average molecular weight is 354 g/mol. The summed E-state index contributed by atoms with van der Waals surface area (Å²) in [5, 5.41) is 8.98. The van der Waals surface area contributed by atoms with Crippen LogP contribution in [0.25, 0.3) is 0 Å². The fourth-order valence-electron chi connectivity index (χ4n) is 4.10. The zero-order valence-corrected chi connectivity index (χ0v) is 15.6. The van der Waals surface area contributed by atoms with Gasteiger partial charge in [0.05, 0.1) is 0 Å². The number of hydrogen-bond donors (Lipinski definition) is 2. The number of nitrogens with zero attached hydrogens (tertiary/aromatic N) is 2. The molecule has 26 heavy (non-hydrogen) atoms. The topological polar surface area (TPSA) is 72.0 Å². The van der Waals surface area contributed by atoms with Crippen LogP contribution in [0.2, 0.25) is 0 Å². The van der Waals surface area contributed by atoms with E-state index < -0.39 is 0 Å². The summed E-state index contributed by atoms with van der Waals surface area (Å²) in [7, 11) is 0. The molecule has 1 aliphatic rings. The second kappa shape index (κ2) is 9.79. The molecule has 4 heteroatoms. The van der Waals surface area contributed by atoms with Gasteiger partial charge in [0.1, 0.15) is 6.33 Å². The molecule has 0 saturated carbocycles. The van der Waals surface area contributed by atoms with Crippen LogP contribution in [-0.4, -0.2) is 28.2 Å². The van der Waals surface area contributed by atoms with Crippen LogP contribution in [0, 0.1) is 5.92 Å². The van der Waals surface area contributed by atoms with E-state index in [4.69, 9.17) is 10.8 Å². The van der Waals surface area contributed by atoms with E-state index >= 15 is 0 Å². The highest BCUT2D eigenvalue weighted by molar-refractivity contribution is 5.36. The maximum atomic E-state index is 8.98. The molecule has 0 fully saturated rings. The quantitative estimate of drug-likeness (QED) is 0.678. The SMILES string of the molecule is NC[C@H](CCCCO)c1ccc2c(c1)CC[C@H](CCc1cncnc1)C2. The molecule has 0 amide bonds. The van der Waals surface area contributed by atoms with Crippen LogP contribution in [0.15, 0.2) is 36.9 Å². The first kappa shape index (κ1) is 19.0. The van der Waals surface area contributed by atoms with E-state index in [1.165, 1.54) is 47.9 Å². The molecule has 4 nitrogen and oxygen atoms in total. The number of fused-ring (bicyclic) bond motifs is 1. The summed E-state index contributed by atoms with van der Waals surface area (Å²) in [5.41, 5.74) is 11.7. The summed E-state index contributed by atoms with van der Waals surface area (Å²) in [6, 6.07) is 7.01. The zero-order valence-electron chi connectivity index (χ0n) is 15.6. The molecule has 0 saturated heterocycles. The lowest BCUT2D eigenvalue weighted by Crippen LogP contribution is -2.17. The average Bonchev–Trinajstić information content (AvgIpc) is 2.70. The van der Waals surface area contributed by atoms with Crippen LogP contribution in [0.4, 0.5) is 0 Å². The Morgan fingerprint density at radius 3 is 2.77 bits per heavy atom. The van der Waals surface area contributed by atoms with Crippen molar-refractivity contribution in [2.24, 2.45) is 11.7 Å². The van der Waals surface area contributed by atoms with Crippen LogP contribution < -0.4 is 5.73 Å². The molecular formula is C22H31N3O. The van der Waals surface area contributed by atoms with Crippen LogP contribution in [0.1, 0.15) is 60.3 Å². The lowest BCUT2D eigenvalue weighted by Gasteiger charge is -2.26. The van der Waals surface area contributed by atoms with Crippen molar-refractivity contribution in [3.05, 3.63) is 59.2 Å². The minimum atomic E-state index is 0.276. The van der Waals surface area contributed by atoms with E-state index in [1.807, 2.05) is 12.4 Å². The molecule has 1 aromatic carbocycles. The fraction of sp³-hybridized carbons (Fsp3) is 0.545. The fourth-order valence-corrected chi connectivity index (χ4v) is 4.10. The van der Waals surface area contributed by atoms with Gasteiger partial charge in [-0.1, -0.05) is 24.6 Å². The van der Waals surface area contributed by atoms with Gasteiger partial charge in [-0.15, -0.1) is 0 Å². The number of aromatic nitrogens is 2. The van der Waals surface area contributed by atoms with Gasteiger partial charge >= 0.3 is 0 Å². The van der Waals surface area contributed by atoms with Crippen molar-refractivity contribution in [3.63, 3.8) is 0 Å². The van der Waals surface area contributed by atoms with Gasteiger partial charge in [-0.2, -0.15) is 0 Å². The van der Waals surface area contributed by atoms with Gasteiger partial charge in [0.25, 0.3) is 0 Å². The zero-order chi connectivity index (χ0) is 18.2. The molecule has 3 rings (SSSR count). The molecule has 0 aliphatic heterocycles. The van der Waals surface area contributed by atoms with E-state index in [2.05, 4.69) is 28.2 Å². The summed E-state index contributed by atoms with van der Waals surface area (Å²) in [6.07, 6.45) is 14.3. The van der Waals surface area contributed by atoms with E-state index in [1.54, 1.807) is 6.33 Å². The van der Waals surface area contributed by atoms with Crippen molar-refractivity contribution in [2.45, 2.75) is 57.3 Å². The first-order valence-corrected chi connectivity index (χ1v) is 9.96. The van der Waals surface area contributed by atoms with Gasteiger partial charge in [0.2, 0.25) is 0 Å². The van der Waals surface area contributed by atoms with E-state index in [9.17, 15) is 0 Å². The lowest BCUT2D eigenvalue weighted by molar-refractivity contribution is 0.281. The first-order valence-electron chi connectivity index (χ1n) is 9.96. The molecule has 2 atom stereocenters. The summed E-state index contributed by atoms with van der Waals surface area (Å²) >= 11 is 0. The largest absolute Gasteiger partial charge is 0.396 e. The second-order valence-corrected chi connectivity index (χ2v) is 7.57. The van der Waals surface area contributed by atoms with Gasteiger partial charge in [-0.25, -0.2) is 9.97 Å². The summed E-state index contributed by atoms with van der Waals surface area (Å²) < 4.78 is 0. The maximum Gasteiger partial charge on any atom is 0.115 e. The number of nitrogens with two attached hydrogens (primary N) is 1. The molecule has 1 heterocycles. The molecule has 3 N–H and O–H groups in total. The van der Waals surface area contributed by atoms with Gasteiger partial charge in [0, 0.05) is 19.0 Å². The predicted molar refractivity (Wildman–Crippen MR) is 105 cm³/mol. The Labute approximate surface area is 156 Å². The van der Waals surface area contributed by atoms with E-state index in [0.717, 1.165) is 31.6 Å². The Morgan fingerprint density at radius 2 is 2.00 bits per heavy atom. The smallest absolute Gasteiger partial charge is 0.115 e. The second-order valence-electron chi connectivity index (χ2n) is 7.57. The van der Waals surface area contributed by atoms with Crippen molar-refractivity contribution in [3.8, 4) is 0 Å². The van der Waals surface area contributed by atoms with Gasteiger partial charge in [-0.05, 0) is 85.6 Å². The summed E-state index contributed by atoms with van der Waals surface area (Å²) in [6.45, 7) is 0.962. The third-order valence-corrected chi connectivity index (χ3v) is 5.73. The number of unbranched alkanes of at least 4 members (excludes halogenated alkanes) is 1. The standard InChI is InChI=1S/C22H31N3O/c23-13-22(3-1-2-10-26)21-9-8-19-11-17(6-7-20(19)12-21)4-5-18-14-24-16-25-15-18/h8-9,12,14-17,22,26H,1-7,10-11,13,23H2/t17-,22-/m0/s1. The van der Waals surface area contributed by atoms with Gasteiger partial charge < -0.3 is 10.8 Å². The third-order valence-electron chi connectivity index (χ3n) is 5.73. The van der Waals surface area contributed by atoms with Crippen molar-refractivity contribution in [2.75, 3.05) is 13.2 Å². The number of aliphatic hydroxyl groups excluding tert-OH is 1. The monoisotopic (exact) mass is 353 g/mol. The highest BCUT2D eigenvalue weighted by atomic mass is 16.2. The van der Waals surface area contributed by atoms with Crippen molar-refractivity contribution >= 4 is 0 Å². The van der Waals surface area contributed by atoms with Crippen LogP contribution >= 0.6 is 0 Å². The minimum absolute atomic E-state index is 0.276. The minimum Gasteiger partial charge on any atom is -0.396 e. The highest BCUT2D eigenvalue weighted by Crippen LogP contribution is 2.31. The Hall–Kier alpha value is -1.78. The summed E-state index contributed by atoms with van der Waals surface area (Å²) in [5.74, 6) is 1.17. The summed E-state index contributed by atoms with van der Waals surface area (Å²) in [4.78, 5) is 8.22. The molecule has 2 aromatic rings. The van der Waals surface area contributed by atoms with Crippen molar-refractivity contribution in [1.82, 2.24) is 9.97 Å². The molecular weight excluding hydrogens is 322 g/mol. The van der Waals surface area contributed by atoms with E-state index in [-0.39, 0.29) is 6.61 Å². The highest BCUT2D eigenvalue weighted by Gasteiger charge is 2.20. The predicted octanol–water partition coefficient (Wildman–Crippen LogP) is 3.42. The molecule has 140 valence electrons. The molecule has 0 unspecified atom stereocenters. The van der Waals surface area contributed by atoms with Crippen LogP contribution in [0.5, 0.6) is 0 Å². The molecule has 1 aromatic heterocycles. The first-order chi connectivity index (χ1) is 12.8. The molecule has 0 radical (unpaired) electrons. The number of hydrogen-bond acceptors (Lipinski definition) is 4. The van der Waals surface area contributed by atoms with Gasteiger partial charge in [-0.3, -0.25) is 0 Å². The molecule has 1 aliphatic carbocycles. The normalized spacial score (nSPS) is 17.7. The van der Waals surface area contributed by atoms with Gasteiger partial charge in [0.15, 0.2) is 0 Å². The number of aliphatic hydroxyl groups is 1. The Balaban J connectivity index is 1.58. The lowest BCUT2D eigenvalue weighted by atomic mass is 9.79. The molecule has 0 bridgehead atoms. The Bertz CT molecular complexity index is 674. The number of aryl methyl sites for hydroxylation is 2. The van der Waals surface area contributed by atoms with Crippen LogP contribution in [-0.2, 0) is 19.3 Å².